The van der Waals surface area contributed by atoms with Gasteiger partial charge in [-0.25, -0.2) is 0 Å². The van der Waals surface area contributed by atoms with Crippen LogP contribution < -0.4 is 5.32 Å². The van der Waals surface area contributed by atoms with Crippen molar-refractivity contribution >= 4 is 11.3 Å². The summed E-state index contributed by atoms with van der Waals surface area (Å²) in [5.41, 5.74) is 0. The van der Waals surface area contributed by atoms with Gasteiger partial charge >= 0.3 is 0 Å². The van der Waals surface area contributed by atoms with Gasteiger partial charge in [0.15, 0.2) is 0 Å². The second-order valence-corrected chi connectivity index (χ2v) is 6.22. The van der Waals surface area contributed by atoms with Crippen LogP contribution in [-0.2, 0) is 0 Å². The molecule has 0 aromatic carbocycles. The van der Waals surface area contributed by atoms with E-state index < -0.39 is 0 Å². The first-order valence-corrected chi connectivity index (χ1v) is 7.19. The van der Waals surface area contributed by atoms with Gasteiger partial charge in [-0.05, 0) is 50.2 Å². The number of hydrogen-bond donors (Lipinski definition) is 1. The largest absolute Gasteiger partial charge is 0.305 e. The summed E-state index contributed by atoms with van der Waals surface area (Å²) in [7, 11) is 2.22. The highest BCUT2D eigenvalue weighted by Gasteiger charge is 2.35. The first-order chi connectivity index (χ1) is 7.83. The average Bonchev–Trinajstić information content (AvgIpc) is 2.80. The molecule has 0 bridgehead atoms. The van der Waals surface area contributed by atoms with Crippen molar-refractivity contribution in [2.45, 2.75) is 31.3 Å². The topological polar surface area (TPSA) is 15.3 Å². The lowest BCUT2D eigenvalue weighted by molar-refractivity contribution is 0.371. The Kier molecular flexibility index (Phi) is 3.01. The number of nitrogens with zero attached hydrogens (tertiary/aromatic N) is 1. The van der Waals surface area contributed by atoms with Gasteiger partial charge in [-0.3, -0.25) is 0 Å². The fourth-order valence-corrected chi connectivity index (χ4v) is 3.55. The third kappa shape index (κ3) is 2.31. The van der Waals surface area contributed by atoms with Crippen LogP contribution in [0.4, 0.5) is 0 Å². The molecule has 2 atom stereocenters. The molecule has 0 spiro atoms. The molecule has 1 aromatic heterocycles. The SMILES string of the molecule is CN1CCC(NC(c2cccs2)C2CC2)C1. The molecule has 88 valence electrons. The molecule has 16 heavy (non-hydrogen) atoms. The highest BCUT2D eigenvalue weighted by atomic mass is 32.1. The standard InChI is InChI=1S/C13H20N2S/c1-15-7-6-11(9-15)14-13(10-4-5-10)12-3-2-8-16-12/h2-3,8,10-11,13-14H,4-7,9H2,1H3. The molecule has 0 radical (unpaired) electrons. The summed E-state index contributed by atoms with van der Waals surface area (Å²) in [6.45, 7) is 2.47. The number of thiophene rings is 1. The van der Waals surface area contributed by atoms with Crippen molar-refractivity contribution in [2.75, 3.05) is 20.1 Å². The van der Waals surface area contributed by atoms with Crippen LogP contribution in [0.25, 0.3) is 0 Å². The van der Waals surface area contributed by atoms with Gasteiger partial charge in [-0.15, -0.1) is 11.3 Å². The van der Waals surface area contributed by atoms with Crippen LogP contribution in [0.1, 0.15) is 30.2 Å². The fourth-order valence-electron chi connectivity index (χ4n) is 2.67. The maximum absolute atomic E-state index is 3.88. The smallest absolute Gasteiger partial charge is 0.0445 e. The zero-order valence-corrected chi connectivity index (χ0v) is 10.7. The number of rotatable bonds is 4. The van der Waals surface area contributed by atoms with Gasteiger partial charge < -0.3 is 10.2 Å². The number of likely N-dealkylation sites (N-methyl/N-ethyl adjacent to an activating group) is 1. The van der Waals surface area contributed by atoms with Crippen molar-refractivity contribution in [2.24, 2.45) is 5.92 Å². The van der Waals surface area contributed by atoms with Crippen LogP contribution in [0.3, 0.4) is 0 Å². The van der Waals surface area contributed by atoms with Crippen molar-refractivity contribution < 1.29 is 0 Å². The molecule has 1 N–H and O–H groups in total. The summed E-state index contributed by atoms with van der Waals surface area (Å²) >= 11 is 1.91. The quantitative estimate of drug-likeness (QED) is 0.864. The van der Waals surface area contributed by atoms with Crippen molar-refractivity contribution in [3.8, 4) is 0 Å². The molecule has 1 aromatic rings. The predicted octanol–water partition coefficient (Wildman–Crippen LogP) is 2.49. The van der Waals surface area contributed by atoms with Gasteiger partial charge in [-0.2, -0.15) is 0 Å². The second-order valence-electron chi connectivity index (χ2n) is 5.25. The zero-order valence-electron chi connectivity index (χ0n) is 9.86. The van der Waals surface area contributed by atoms with Crippen molar-refractivity contribution in [3.63, 3.8) is 0 Å². The zero-order chi connectivity index (χ0) is 11.0. The van der Waals surface area contributed by atoms with E-state index in [2.05, 4.69) is 34.8 Å². The second kappa shape index (κ2) is 4.47. The Labute approximate surface area is 102 Å². The molecule has 3 rings (SSSR count). The van der Waals surface area contributed by atoms with E-state index in [0.29, 0.717) is 12.1 Å². The molecule has 2 unspecified atom stereocenters. The summed E-state index contributed by atoms with van der Waals surface area (Å²) in [6, 6.07) is 5.81. The van der Waals surface area contributed by atoms with Crippen molar-refractivity contribution in [1.82, 2.24) is 10.2 Å². The Balaban J connectivity index is 1.65. The molecule has 1 saturated carbocycles. The van der Waals surface area contributed by atoms with Crippen LogP contribution in [-0.4, -0.2) is 31.1 Å². The lowest BCUT2D eigenvalue weighted by Crippen LogP contribution is -2.35. The van der Waals surface area contributed by atoms with Gasteiger partial charge in [0, 0.05) is 23.5 Å². The van der Waals surface area contributed by atoms with Crippen LogP contribution in [0.15, 0.2) is 17.5 Å². The van der Waals surface area contributed by atoms with Gasteiger partial charge in [0.25, 0.3) is 0 Å². The molecule has 1 saturated heterocycles. The van der Waals surface area contributed by atoms with Gasteiger partial charge in [0.05, 0.1) is 0 Å². The van der Waals surface area contributed by atoms with E-state index in [4.69, 9.17) is 0 Å². The molecule has 2 aliphatic rings. The minimum absolute atomic E-state index is 0.636. The molecule has 1 aliphatic heterocycles. The lowest BCUT2D eigenvalue weighted by atomic mass is 10.1. The third-order valence-electron chi connectivity index (χ3n) is 3.75. The van der Waals surface area contributed by atoms with Crippen LogP contribution in [0.2, 0.25) is 0 Å². The normalized spacial score (nSPS) is 28.4. The highest BCUT2D eigenvalue weighted by molar-refractivity contribution is 7.10. The Morgan fingerprint density at radius 1 is 1.44 bits per heavy atom. The first kappa shape index (κ1) is 10.8. The maximum atomic E-state index is 3.88. The molecule has 2 heterocycles. The van der Waals surface area contributed by atoms with E-state index >= 15 is 0 Å². The van der Waals surface area contributed by atoms with Crippen molar-refractivity contribution in [3.05, 3.63) is 22.4 Å². The van der Waals surface area contributed by atoms with E-state index in [-0.39, 0.29) is 0 Å². The molecule has 1 aliphatic carbocycles. The van der Waals surface area contributed by atoms with Gasteiger partial charge in [0.1, 0.15) is 0 Å². The maximum Gasteiger partial charge on any atom is 0.0445 e. The van der Waals surface area contributed by atoms with Crippen molar-refractivity contribution in [1.29, 1.82) is 0 Å². The van der Waals surface area contributed by atoms with Crippen LogP contribution >= 0.6 is 11.3 Å². The summed E-state index contributed by atoms with van der Waals surface area (Å²) < 4.78 is 0. The third-order valence-corrected chi connectivity index (χ3v) is 4.71. The Morgan fingerprint density at radius 3 is 2.88 bits per heavy atom. The van der Waals surface area contributed by atoms with E-state index in [9.17, 15) is 0 Å². The minimum Gasteiger partial charge on any atom is -0.305 e. The highest BCUT2D eigenvalue weighted by Crippen LogP contribution is 2.42. The van der Waals surface area contributed by atoms with Crippen LogP contribution in [0.5, 0.6) is 0 Å². The molecule has 3 heteroatoms. The molecule has 2 fully saturated rings. The Morgan fingerprint density at radius 2 is 2.31 bits per heavy atom. The van der Waals surface area contributed by atoms with Crippen LogP contribution in [0, 0.1) is 5.92 Å². The summed E-state index contributed by atoms with van der Waals surface area (Å²) in [4.78, 5) is 3.97. The number of nitrogens with one attached hydrogen (secondary N) is 1. The summed E-state index contributed by atoms with van der Waals surface area (Å²) in [6.07, 6.45) is 4.14. The predicted molar refractivity (Wildman–Crippen MR) is 68.8 cm³/mol. The van der Waals surface area contributed by atoms with E-state index in [1.165, 1.54) is 37.2 Å². The van der Waals surface area contributed by atoms with Gasteiger partial charge in [-0.1, -0.05) is 6.07 Å². The van der Waals surface area contributed by atoms with Gasteiger partial charge in [0.2, 0.25) is 0 Å². The summed E-state index contributed by atoms with van der Waals surface area (Å²) in [5.74, 6) is 0.907. The Hall–Kier alpha value is -0.380. The molecule has 2 nitrogen and oxygen atoms in total. The molecule has 0 amide bonds. The average molecular weight is 236 g/mol. The van der Waals surface area contributed by atoms with E-state index in [0.717, 1.165) is 5.92 Å². The first-order valence-electron chi connectivity index (χ1n) is 6.31. The Bertz CT molecular complexity index is 332. The fraction of sp³-hybridized carbons (Fsp3) is 0.692. The minimum atomic E-state index is 0.636. The van der Waals surface area contributed by atoms with E-state index in [1.54, 1.807) is 0 Å². The van der Waals surface area contributed by atoms with E-state index in [1.807, 2.05) is 11.3 Å². The lowest BCUT2D eigenvalue weighted by Gasteiger charge is -2.22. The molecular weight excluding hydrogens is 216 g/mol. The number of likely N-dealkylation sites (tertiary alicyclic amines) is 1. The number of hydrogen-bond acceptors (Lipinski definition) is 3. The monoisotopic (exact) mass is 236 g/mol. The molecular formula is C13H20N2S. The summed E-state index contributed by atoms with van der Waals surface area (Å²) in [5, 5.41) is 6.08.